The van der Waals surface area contributed by atoms with Gasteiger partial charge in [-0.3, -0.25) is 9.59 Å². The Balaban J connectivity index is 1.85. The number of carbonyl (C=O) groups is 2. The van der Waals surface area contributed by atoms with Crippen LogP contribution in [0, 0.1) is 0 Å². The zero-order valence-electron chi connectivity index (χ0n) is 11.3. The molecule has 0 fully saturated rings. The van der Waals surface area contributed by atoms with Crippen LogP contribution in [0.3, 0.4) is 0 Å². The van der Waals surface area contributed by atoms with E-state index in [2.05, 4.69) is 15.5 Å². The molecule has 1 heterocycles. The number of nitrogens with one attached hydrogen (secondary N) is 1. The van der Waals surface area contributed by atoms with Gasteiger partial charge in [-0.25, -0.2) is 0 Å². The third-order valence-corrected chi connectivity index (χ3v) is 4.92. The summed E-state index contributed by atoms with van der Waals surface area (Å²) >= 11 is 8.78. The number of hydrogen-bond donors (Lipinski definition) is 2. The fraction of sp³-hybridized carbons (Fsp3) is 0.231. The summed E-state index contributed by atoms with van der Waals surface area (Å²) in [5, 5.41) is 19.9. The first-order valence-corrected chi connectivity index (χ1v) is 8.44. The van der Waals surface area contributed by atoms with Gasteiger partial charge in [-0.2, -0.15) is 0 Å². The predicted octanol–water partition coefficient (Wildman–Crippen LogP) is 3.29. The Hall–Kier alpha value is -1.64. The van der Waals surface area contributed by atoms with Gasteiger partial charge in [0.05, 0.1) is 6.42 Å². The zero-order chi connectivity index (χ0) is 15.9. The molecule has 1 aromatic heterocycles. The Kier molecular flexibility index (Phi) is 6.17. The quantitative estimate of drug-likeness (QED) is 0.583. The van der Waals surface area contributed by atoms with Crippen molar-refractivity contribution in [1.82, 2.24) is 10.2 Å². The van der Waals surface area contributed by atoms with Gasteiger partial charge in [-0.1, -0.05) is 52.9 Å². The van der Waals surface area contributed by atoms with E-state index in [4.69, 9.17) is 16.7 Å². The highest BCUT2D eigenvalue weighted by Crippen LogP contribution is 2.30. The lowest BCUT2D eigenvalue weighted by atomic mass is 10.2. The number of carboxylic acid groups (broad SMARTS) is 1. The van der Waals surface area contributed by atoms with Crippen molar-refractivity contribution in [2.45, 2.75) is 22.9 Å². The van der Waals surface area contributed by atoms with Crippen LogP contribution in [0.25, 0.3) is 0 Å². The largest absolute Gasteiger partial charge is 0.481 e. The highest BCUT2D eigenvalue weighted by atomic mass is 35.5. The lowest BCUT2D eigenvalue weighted by Crippen LogP contribution is -2.12. The third-order valence-electron chi connectivity index (χ3n) is 2.53. The maximum absolute atomic E-state index is 11.5. The van der Waals surface area contributed by atoms with E-state index in [9.17, 15) is 9.59 Å². The summed E-state index contributed by atoms with van der Waals surface area (Å²) in [6, 6.07) is 7.54. The van der Waals surface area contributed by atoms with Gasteiger partial charge in [-0.05, 0) is 11.6 Å². The molecule has 0 saturated heterocycles. The number of nitrogens with zero attached hydrogens (tertiary/aromatic N) is 2. The van der Waals surface area contributed by atoms with E-state index in [1.807, 2.05) is 24.3 Å². The van der Waals surface area contributed by atoms with Crippen molar-refractivity contribution >= 4 is 51.7 Å². The van der Waals surface area contributed by atoms with Gasteiger partial charge in [0.15, 0.2) is 4.34 Å². The molecule has 0 atom stereocenters. The van der Waals surface area contributed by atoms with E-state index in [0.29, 0.717) is 20.2 Å². The summed E-state index contributed by atoms with van der Waals surface area (Å²) in [5.74, 6) is -0.744. The van der Waals surface area contributed by atoms with E-state index in [1.165, 1.54) is 23.1 Å². The first-order chi connectivity index (χ1) is 10.5. The normalized spacial score (nSPS) is 10.4. The molecule has 2 aromatic rings. The van der Waals surface area contributed by atoms with Crippen LogP contribution in [0.1, 0.15) is 18.4 Å². The van der Waals surface area contributed by atoms with Crippen molar-refractivity contribution in [1.29, 1.82) is 0 Å². The molecule has 0 aliphatic heterocycles. The summed E-state index contributed by atoms with van der Waals surface area (Å²) < 4.78 is 0.702. The predicted molar refractivity (Wildman–Crippen MR) is 86.4 cm³/mol. The average Bonchev–Trinajstić information content (AvgIpc) is 2.92. The van der Waals surface area contributed by atoms with Crippen LogP contribution in [0.4, 0.5) is 5.13 Å². The molecule has 0 aliphatic carbocycles. The Labute approximate surface area is 139 Å². The Bertz CT molecular complexity index is 678. The van der Waals surface area contributed by atoms with Gasteiger partial charge in [0.2, 0.25) is 11.0 Å². The topological polar surface area (TPSA) is 92.2 Å². The molecule has 2 N–H and O–H groups in total. The second-order valence-electron chi connectivity index (χ2n) is 4.20. The van der Waals surface area contributed by atoms with Crippen LogP contribution >= 0.6 is 34.7 Å². The summed E-state index contributed by atoms with van der Waals surface area (Å²) in [6.07, 6.45) is -0.296. The van der Waals surface area contributed by atoms with Crippen LogP contribution in [0.2, 0.25) is 5.02 Å². The maximum atomic E-state index is 11.5. The number of rotatable bonds is 7. The molecule has 0 aliphatic rings. The van der Waals surface area contributed by atoms with Gasteiger partial charge in [-0.15, -0.1) is 10.2 Å². The Morgan fingerprint density at radius 2 is 2.05 bits per heavy atom. The highest BCUT2D eigenvalue weighted by Gasteiger charge is 2.10. The van der Waals surface area contributed by atoms with Crippen LogP contribution < -0.4 is 5.32 Å². The number of halogens is 1. The Morgan fingerprint density at radius 3 is 2.77 bits per heavy atom. The number of anilines is 1. The molecule has 6 nitrogen and oxygen atoms in total. The standard InChI is InChI=1S/C13H12ClN3O3S2/c14-9-4-2-1-3-8(9)7-21-13-17-16-12(22-13)15-10(18)5-6-11(19)20/h1-4H,5-7H2,(H,19,20)(H,15,16,18). The molecule has 1 aromatic carbocycles. The second-order valence-corrected chi connectivity index (χ2v) is 6.80. The molecule has 0 radical (unpaired) electrons. The van der Waals surface area contributed by atoms with Crippen LogP contribution in [-0.2, 0) is 15.3 Å². The van der Waals surface area contributed by atoms with Crippen molar-refractivity contribution in [2.75, 3.05) is 5.32 Å². The fourth-order valence-electron chi connectivity index (χ4n) is 1.48. The summed E-state index contributed by atoms with van der Waals surface area (Å²) in [6.45, 7) is 0. The van der Waals surface area contributed by atoms with Crippen molar-refractivity contribution in [2.24, 2.45) is 0 Å². The molecule has 1 amide bonds. The number of benzene rings is 1. The monoisotopic (exact) mass is 357 g/mol. The fourth-order valence-corrected chi connectivity index (χ4v) is 3.53. The summed E-state index contributed by atoms with van der Waals surface area (Å²) in [7, 11) is 0. The molecular weight excluding hydrogens is 346 g/mol. The van der Waals surface area contributed by atoms with E-state index in [1.54, 1.807) is 0 Å². The van der Waals surface area contributed by atoms with E-state index >= 15 is 0 Å². The third kappa shape index (κ3) is 5.28. The molecule has 116 valence electrons. The number of carboxylic acids is 1. The minimum absolute atomic E-state index is 0.0863. The number of amides is 1. The molecule has 2 rings (SSSR count). The van der Waals surface area contributed by atoms with Crippen LogP contribution in [-0.4, -0.2) is 27.2 Å². The van der Waals surface area contributed by atoms with Crippen molar-refractivity contribution in [3.05, 3.63) is 34.9 Å². The summed E-state index contributed by atoms with van der Waals surface area (Å²) in [5.41, 5.74) is 0.997. The highest BCUT2D eigenvalue weighted by molar-refractivity contribution is 8.00. The zero-order valence-corrected chi connectivity index (χ0v) is 13.7. The second kappa shape index (κ2) is 8.11. The molecule has 0 spiro atoms. The van der Waals surface area contributed by atoms with Crippen LogP contribution in [0.15, 0.2) is 28.6 Å². The first-order valence-electron chi connectivity index (χ1n) is 6.26. The van der Waals surface area contributed by atoms with Gasteiger partial charge < -0.3 is 10.4 Å². The molecule has 0 bridgehead atoms. The van der Waals surface area contributed by atoms with E-state index < -0.39 is 5.97 Å². The van der Waals surface area contributed by atoms with Crippen molar-refractivity contribution in [3.63, 3.8) is 0 Å². The number of aliphatic carboxylic acids is 1. The van der Waals surface area contributed by atoms with Crippen LogP contribution in [0.5, 0.6) is 0 Å². The summed E-state index contributed by atoms with van der Waals surface area (Å²) in [4.78, 5) is 21.9. The minimum atomic E-state index is -1.01. The molecule has 0 saturated carbocycles. The van der Waals surface area contributed by atoms with Gasteiger partial charge >= 0.3 is 5.97 Å². The number of aromatic nitrogens is 2. The smallest absolute Gasteiger partial charge is 0.303 e. The lowest BCUT2D eigenvalue weighted by Gasteiger charge is -2.00. The number of hydrogen-bond acceptors (Lipinski definition) is 6. The maximum Gasteiger partial charge on any atom is 0.303 e. The number of thioether (sulfide) groups is 1. The van der Waals surface area contributed by atoms with Gasteiger partial charge in [0.1, 0.15) is 0 Å². The molecule has 22 heavy (non-hydrogen) atoms. The van der Waals surface area contributed by atoms with Crippen molar-refractivity contribution < 1.29 is 14.7 Å². The lowest BCUT2D eigenvalue weighted by molar-refractivity contribution is -0.138. The van der Waals surface area contributed by atoms with E-state index in [0.717, 1.165) is 5.56 Å². The number of carbonyl (C=O) groups excluding carboxylic acids is 1. The minimum Gasteiger partial charge on any atom is -0.481 e. The van der Waals surface area contributed by atoms with Crippen molar-refractivity contribution in [3.8, 4) is 0 Å². The Morgan fingerprint density at radius 1 is 1.27 bits per heavy atom. The first kappa shape index (κ1) is 16.7. The molecular formula is C13H12ClN3O3S2. The molecule has 9 heteroatoms. The molecule has 0 unspecified atom stereocenters. The van der Waals surface area contributed by atoms with E-state index in [-0.39, 0.29) is 18.7 Å². The van der Waals surface area contributed by atoms with Gasteiger partial charge in [0, 0.05) is 17.2 Å². The SMILES string of the molecule is O=C(O)CCC(=O)Nc1nnc(SCc2ccccc2Cl)s1. The average molecular weight is 358 g/mol. The van der Waals surface area contributed by atoms with Gasteiger partial charge in [0.25, 0.3) is 0 Å².